The lowest BCUT2D eigenvalue weighted by Gasteiger charge is -2.17. The first-order chi connectivity index (χ1) is 13.4. The molecule has 0 spiro atoms. The van der Waals surface area contributed by atoms with E-state index in [4.69, 9.17) is 0 Å². The fourth-order valence-electron chi connectivity index (χ4n) is 3.98. The van der Waals surface area contributed by atoms with E-state index in [0.29, 0.717) is 0 Å². The normalized spacial score (nSPS) is 11.0. The van der Waals surface area contributed by atoms with Gasteiger partial charge in [-0.1, -0.05) is 107 Å². The summed E-state index contributed by atoms with van der Waals surface area (Å²) in [7, 11) is 0. The lowest BCUT2D eigenvalue weighted by Crippen LogP contribution is -1.99. The van der Waals surface area contributed by atoms with Crippen LogP contribution in [0.4, 0.5) is 0 Å². The minimum absolute atomic E-state index is 0.771. The van der Waals surface area contributed by atoms with E-state index in [0.717, 1.165) is 5.92 Å². The highest BCUT2D eigenvalue weighted by Crippen LogP contribution is 2.28. The van der Waals surface area contributed by atoms with Crippen LogP contribution in [0.1, 0.15) is 114 Å². The summed E-state index contributed by atoms with van der Waals surface area (Å²) >= 11 is 0. The molecule has 0 radical (unpaired) electrons. The van der Waals surface area contributed by atoms with E-state index in [1.807, 2.05) is 12.2 Å². The van der Waals surface area contributed by atoms with Crippen molar-refractivity contribution >= 4 is 0 Å². The van der Waals surface area contributed by atoms with E-state index in [1.54, 1.807) is 5.56 Å². The zero-order chi connectivity index (χ0) is 19.4. The number of hydrogen-bond acceptors (Lipinski definition) is 0. The minimum Gasteiger partial charge on any atom is -0.103 e. The standard InChI is InChI=1S/C27H44/c1-3-5-7-9-11-13-15-18-22-26(27-24-20-17-21-25-27)23-19-16-14-12-10-8-6-4-2/h3-4,17,20-21,24-26H,1-2,5-16,18-19,22-23H2. The largest absolute Gasteiger partial charge is 0.103 e. The summed E-state index contributed by atoms with van der Waals surface area (Å²) < 4.78 is 0. The zero-order valence-corrected chi connectivity index (χ0v) is 17.8. The average molecular weight is 369 g/mol. The molecule has 0 aromatic heterocycles. The molecule has 0 heterocycles. The molecule has 0 N–H and O–H groups in total. The summed E-state index contributed by atoms with van der Waals surface area (Å²) in [5.41, 5.74) is 1.56. The monoisotopic (exact) mass is 368 g/mol. The molecule has 0 aliphatic rings. The third-order valence-electron chi connectivity index (χ3n) is 5.69. The first-order valence-electron chi connectivity index (χ1n) is 11.6. The topological polar surface area (TPSA) is 0 Å². The summed E-state index contributed by atoms with van der Waals surface area (Å²) in [6, 6.07) is 11.3. The number of hydrogen-bond donors (Lipinski definition) is 0. The maximum atomic E-state index is 3.81. The Morgan fingerprint density at radius 3 is 1.41 bits per heavy atom. The van der Waals surface area contributed by atoms with Crippen LogP contribution in [0.3, 0.4) is 0 Å². The second kappa shape index (κ2) is 18.1. The summed E-state index contributed by atoms with van der Waals surface area (Å²) in [4.78, 5) is 0. The van der Waals surface area contributed by atoms with Crippen molar-refractivity contribution in [3.63, 3.8) is 0 Å². The Morgan fingerprint density at radius 2 is 0.963 bits per heavy atom. The molecule has 0 atom stereocenters. The Hall–Kier alpha value is -1.30. The van der Waals surface area contributed by atoms with Gasteiger partial charge in [0.15, 0.2) is 0 Å². The SMILES string of the molecule is C=CCCCCCCCCC(CCCCCCCCC=C)c1ccccc1. The van der Waals surface area contributed by atoms with Gasteiger partial charge in [0.2, 0.25) is 0 Å². The predicted molar refractivity (Wildman–Crippen MR) is 123 cm³/mol. The fourth-order valence-corrected chi connectivity index (χ4v) is 3.98. The van der Waals surface area contributed by atoms with E-state index < -0.39 is 0 Å². The first kappa shape index (κ1) is 23.7. The van der Waals surface area contributed by atoms with Crippen LogP contribution in [0.15, 0.2) is 55.6 Å². The average Bonchev–Trinajstić information content (AvgIpc) is 2.71. The van der Waals surface area contributed by atoms with Crippen LogP contribution in [0, 0.1) is 0 Å². The van der Waals surface area contributed by atoms with Gasteiger partial charge in [0, 0.05) is 0 Å². The zero-order valence-electron chi connectivity index (χ0n) is 17.8. The molecule has 0 fully saturated rings. The van der Waals surface area contributed by atoms with Gasteiger partial charge in [0.25, 0.3) is 0 Å². The van der Waals surface area contributed by atoms with Gasteiger partial charge in [0.05, 0.1) is 0 Å². The molecule has 152 valence electrons. The lowest BCUT2D eigenvalue weighted by molar-refractivity contribution is 0.485. The number of allylic oxidation sites excluding steroid dienone is 2. The third kappa shape index (κ3) is 13.5. The molecule has 27 heavy (non-hydrogen) atoms. The molecule has 0 heteroatoms. The van der Waals surface area contributed by atoms with Gasteiger partial charge in [-0.3, -0.25) is 0 Å². The lowest BCUT2D eigenvalue weighted by atomic mass is 9.88. The Balaban J connectivity index is 2.19. The number of unbranched alkanes of at least 4 members (excludes halogenated alkanes) is 12. The third-order valence-corrected chi connectivity index (χ3v) is 5.69. The Bertz CT molecular complexity index is 420. The van der Waals surface area contributed by atoms with Gasteiger partial charge in [0.1, 0.15) is 0 Å². The van der Waals surface area contributed by atoms with Crippen molar-refractivity contribution in [2.24, 2.45) is 0 Å². The highest BCUT2D eigenvalue weighted by molar-refractivity contribution is 5.19. The molecular formula is C27H44. The fraction of sp³-hybridized carbons (Fsp3) is 0.630. The van der Waals surface area contributed by atoms with Crippen molar-refractivity contribution in [1.29, 1.82) is 0 Å². The van der Waals surface area contributed by atoms with Crippen molar-refractivity contribution < 1.29 is 0 Å². The van der Waals surface area contributed by atoms with E-state index in [-0.39, 0.29) is 0 Å². The Morgan fingerprint density at radius 1 is 0.556 bits per heavy atom. The van der Waals surface area contributed by atoms with E-state index >= 15 is 0 Å². The summed E-state index contributed by atoms with van der Waals surface area (Å²) in [6.07, 6.45) is 25.8. The molecule has 0 aliphatic carbocycles. The molecule has 1 aromatic rings. The summed E-state index contributed by atoms with van der Waals surface area (Å²) in [5.74, 6) is 0.771. The van der Waals surface area contributed by atoms with E-state index in [1.165, 1.54) is 103 Å². The van der Waals surface area contributed by atoms with Crippen LogP contribution >= 0.6 is 0 Å². The van der Waals surface area contributed by atoms with E-state index in [2.05, 4.69) is 43.5 Å². The summed E-state index contributed by atoms with van der Waals surface area (Å²) in [6.45, 7) is 7.61. The van der Waals surface area contributed by atoms with Gasteiger partial charge in [-0.2, -0.15) is 0 Å². The minimum atomic E-state index is 0.771. The molecular weight excluding hydrogens is 324 g/mol. The number of benzene rings is 1. The maximum Gasteiger partial charge on any atom is -0.0162 e. The van der Waals surface area contributed by atoms with Gasteiger partial charge in [-0.05, 0) is 50.0 Å². The summed E-state index contributed by atoms with van der Waals surface area (Å²) in [5, 5.41) is 0. The molecule has 0 saturated carbocycles. The Kier molecular flexibility index (Phi) is 15.9. The van der Waals surface area contributed by atoms with Gasteiger partial charge in [-0.25, -0.2) is 0 Å². The van der Waals surface area contributed by atoms with Crippen LogP contribution < -0.4 is 0 Å². The van der Waals surface area contributed by atoms with Crippen molar-refractivity contribution in [3.05, 3.63) is 61.2 Å². The maximum absolute atomic E-state index is 3.81. The van der Waals surface area contributed by atoms with Crippen molar-refractivity contribution in [2.45, 2.75) is 109 Å². The molecule has 0 saturated heterocycles. The molecule has 0 amide bonds. The number of rotatable bonds is 19. The first-order valence-corrected chi connectivity index (χ1v) is 11.6. The van der Waals surface area contributed by atoms with Crippen LogP contribution in [-0.2, 0) is 0 Å². The second-order valence-corrected chi connectivity index (χ2v) is 8.08. The van der Waals surface area contributed by atoms with Crippen molar-refractivity contribution in [1.82, 2.24) is 0 Å². The quantitative estimate of drug-likeness (QED) is 0.168. The Labute approximate surface area is 170 Å². The molecule has 1 rings (SSSR count). The van der Waals surface area contributed by atoms with Crippen LogP contribution in [0.5, 0.6) is 0 Å². The van der Waals surface area contributed by atoms with E-state index in [9.17, 15) is 0 Å². The van der Waals surface area contributed by atoms with Crippen LogP contribution in [0.2, 0.25) is 0 Å². The predicted octanol–water partition coefficient (Wildman–Crippen LogP) is 9.38. The van der Waals surface area contributed by atoms with Gasteiger partial charge < -0.3 is 0 Å². The van der Waals surface area contributed by atoms with Crippen molar-refractivity contribution in [2.75, 3.05) is 0 Å². The van der Waals surface area contributed by atoms with Gasteiger partial charge >= 0.3 is 0 Å². The second-order valence-electron chi connectivity index (χ2n) is 8.08. The molecule has 1 aromatic carbocycles. The van der Waals surface area contributed by atoms with Crippen LogP contribution in [-0.4, -0.2) is 0 Å². The molecule has 0 nitrogen and oxygen atoms in total. The molecule has 0 unspecified atom stereocenters. The highest BCUT2D eigenvalue weighted by atomic mass is 14.2. The van der Waals surface area contributed by atoms with Crippen LogP contribution in [0.25, 0.3) is 0 Å². The molecule has 0 aliphatic heterocycles. The highest BCUT2D eigenvalue weighted by Gasteiger charge is 2.10. The molecule has 0 bridgehead atoms. The van der Waals surface area contributed by atoms with Crippen molar-refractivity contribution in [3.8, 4) is 0 Å². The smallest absolute Gasteiger partial charge is 0.0162 e. The van der Waals surface area contributed by atoms with Gasteiger partial charge in [-0.15, -0.1) is 13.2 Å².